The normalized spacial score (nSPS) is 11.2. The number of fused-ring (bicyclic) bond motifs is 1. The van der Waals surface area contributed by atoms with Gasteiger partial charge >= 0.3 is 0 Å². The number of halogens is 1. The molecule has 5 rings (SSSR count). The largest absolute Gasteiger partial charge is 0.488 e. The Morgan fingerprint density at radius 1 is 0.882 bits per heavy atom. The number of para-hydroxylation sites is 2. The molecule has 1 aromatic heterocycles. The van der Waals surface area contributed by atoms with Crippen LogP contribution in [0.2, 0.25) is 0 Å². The van der Waals surface area contributed by atoms with Crippen LogP contribution in [0.3, 0.4) is 0 Å². The minimum Gasteiger partial charge on any atom is -0.488 e. The summed E-state index contributed by atoms with van der Waals surface area (Å²) in [5, 5.41) is 4.99. The van der Waals surface area contributed by atoms with Gasteiger partial charge in [-0.1, -0.05) is 66.7 Å². The van der Waals surface area contributed by atoms with Crippen molar-refractivity contribution in [2.75, 3.05) is 0 Å². The lowest BCUT2D eigenvalue weighted by Gasteiger charge is -2.11. The Labute approximate surface area is 195 Å². The quantitative estimate of drug-likeness (QED) is 0.314. The van der Waals surface area contributed by atoms with Gasteiger partial charge in [0.25, 0.3) is 5.56 Å². The molecule has 0 aliphatic carbocycles. The minimum absolute atomic E-state index is 0.204. The van der Waals surface area contributed by atoms with Crippen LogP contribution in [0.25, 0.3) is 22.3 Å². The van der Waals surface area contributed by atoms with Crippen LogP contribution >= 0.6 is 0 Å². The van der Waals surface area contributed by atoms with Gasteiger partial charge in [0.05, 0.1) is 17.1 Å². The average Bonchev–Trinajstić information content (AvgIpc) is 2.88. The fraction of sp³-hybridized carbons (Fsp3) is 0.0357. The highest BCUT2D eigenvalue weighted by molar-refractivity contribution is 5.84. The molecule has 0 aliphatic heterocycles. The van der Waals surface area contributed by atoms with Crippen molar-refractivity contribution in [2.24, 2.45) is 5.10 Å². The van der Waals surface area contributed by atoms with Gasteiger partial charge in [0.2, 0.25) is 0 Å². The van der Waals surface area contributed by atoms with Gasteiger partial charge < -0.3 is 4.74 Å². The molecule has 0 fully saturated rings. The van der Waals surface area contributed by atoms with Gasteiger partial charge in [-0.25, -0.2) is 9.37 Å². The summed E-state index contributed by atoms with van der Waals surface area (Å²) in [5.74, 6) is 0.699. The molecule has 0 radical (unpaired) electrons. The Bertz CT molecular complexity index is 1540. The molecule has 4 aromatic carbocycles. The van der Waals surface area contributed by atoms with E-state index in [2.05, 4.69) is 5.10 Å². The first-order valence-corrected chi connectivity index (χ1v) is 10.8. The summed E-state index contributed by atoms with van der Waals surface area (Å²) in [6, 6.07) is 30.3. The summed E-state index contributed by atoms with van der Waals surface area (Å²) in [7, 11) is 0. The van der Waals surface area contributed by atoms with Crippen molar-refractivity contribution in [3.05, 3.63) is 130 Å². The third-order valence-electron chi connectivity index (χ3n) is 5.30. The van der Waals surface area contributed by atoms with E-state index in [1.165, 1.54) is 16.8 Å². The van der Waals surface area contributed by atoms with E-state index < -0.39 is 0 Å². The highest BCUT2D eigenvalue weighted by Gasteiger charge is 2.12. The summed E-state index contributed by atoms with van der Waals surface area (Å²) in [4.78, 5) is 18.0. The topological polar surface area (TPSA) is 56.5 Å². The number of hydrogen-bond donors (Lipinski definition) is 0. The number of nitrogens with zero attached hydrogens (tertiary/aromatic N) is 3. The van der Waals surface area contributed by atoms with Crippen LogP contribution in [0.4, 0.5) is 4.39 Å². The molecule has 0 unspecified atom stereocenters. The van der Waals surface area contributed by atoms with E-state index in [0.29, 0.717) is 33.6 Å². The zero-order valence-corrected chi connectivity index (χ0v) is 18.1. The fourth-order valence-corrected chi connectivity index (χ4v) is 3.63. The molecule has 5 nitrogen and oxygen atoms in total. The zero-order valence-electron chi connectivity index (χ0n) is 18.1. The van der Waals surface area contributed by atoms with Gasteiger partial charge in [0.15, 0.2) is 5.82 Å². The third-order valence-corrected chi connectivity index (χ3v) is 5.30. The maximum Gasteiger partial charge on any atom is 0.282 e. The first-order chi connectivity index (χ1) is 16.7. The summed E-state index contributed by atoms with van der Waals surface area (Å²) < 4.78 is 20.7. The number of ether oxygens (including phenoxy) is 1. The van der Waals surface area contributed by atoms with Gasteiger partial charge in [-0.3, -0.25) is 4.79 Å². The lowest BCUT2D eigenvalue weighted by atomic mass is 10.2. The first-order valence-electron chi connectivity index (χ1n) is 10.8. The maximum atomic E-state index is 13.5. The number of aromatic nitrogens is 2. The van der Waals surface area contributed by atoms with Gasteiger partial charge in [-0.05, 0) is 42.0 Å². The second kappa shape index (κ2) is 9.50. The summed E-state index contributed by atoms with van der Waals surface area (Å²) in [6.45, 7) is 0.204. The average molecular weight is 449 g/mol. The maximum absolute atomic E-state index is 13.5. The molecular weight excluding hydrogens is 429 g/mol. The molecule has 0 saturated carbocycles. The molecule has 0 aliphatic rings. The van der Waals surface area contributed by atoms with Gasteiger partial charge in [0.1, 0.15) is 18.2 Å². The molecule has 0 spiro atoms. The predicted octanol–water partition coefficient (Wildman–Crippen LogP) is 5.66. The monoisotopic (exact) mass is 449 g/mol. The lowest BCUT2D eigenvalue weighted by Crippen LogP contribution is -2.20. The van der Waals surface area contributed by atoms with Crippen LogP contribution < -0.4 is 10.3 Å². The van der Waals surface area contributed by atoms with Crippen molar-refractivity contribution >= 4 is 17.1 Å². The molecule has 0 bridgehead atoms. The second-order valence-electron chi connectivity index (χ2n) is 7.64. The van der Waals surface area contributed by atoms with Crippen molar-refractivity contribution < 1.29 is 9.13 Å². The summed E-state index contributed by atoms with van der Waals surface area (Å²) >= 11 is 0. The Kier molecular flexibility index (Phi) is 5.95. The standard InChI is InChI=1S/C28H20FN3O2/c29-23-13-8-9-20(17-23)19-34-26-16-7-4-12-22(26)18-30-32-27(21-10-2-1-3-11-21)31-25-15-6-5-14-24(25)28(32)33/h1-18H,19H2. The van der Waals surface area contributed by atoms with Crippen molar-refractivity contribution in [3.8, 4) is 17.1 Å². The summed E-state index contributed by atoms with van der Waals surface area (Å²) in [5.41, 5.74) is 2.51. The lowest BCUT2D eigenvalue weighted by molar-refractivity contribution is 0.305. The smallest absolute Gasteiger partial charge is 0.282 e. The van der Waals surface area contributed by atoms with Gasteiger partial charge in [-0.2, -0.15) is 9.78 Å². The number of hydrogen-bond acceptors (Lipinski definition) is 4. The second-order valence-corrected chi connectivity index (χ2v) is 7.64. The van der Waals surface area contributed by atoms with Gasteiger partial charge in [-0.15, -0.1) is 0 Å². The summed E-state index contributed by atoms with van der Waals surface area (Å²) in [6.07, 6.45) is 1.57. The van der Waals surface area contributed by atoms with E-state index in [-0.39, 0.29) is 18.0 Å². The zero-order chi connectivity index (χ0) is 23.3. The molecule has 5 aromatic rings. The van der Waals surface area contributed by atoms with Gasteiger partial charge in [0, 0.05) is 11.1 Å². The van der Waals surface area contributed by atoms with E-state index in [1.807, 2.05) is 60.7 Å². The highest BCUT2D eigenvalue weighted by atomic mass is 19.1. The molecule has 6 heteroatoms. The third kappa shape index (κ3) is 4.47. The van der Waals surface area contributed by atoms with Crippen molar-refractivity contribution in [1.29, 1.82) is 0 Å². The number of rotatable bonds is 6. The van der Waals surface area contributed by atoms with Crippen LogP contribution in [-0.2, 0) is 6.61 Å². The Balaban J connectivity index is 1.54. The molecule has 0 amide bonds. The van der Waals surface area contributed by atoms with Crippen molar-refractivity contribution in [2.45, 2.75) is 6.61 Å². The Morgan fingerprint density at radius 3 is 2.50 bits per heavy atom. The molecular formula is C28H20FN3O2. The van der Waals surface area contributed by atoms with E-state index in [1.54, 1.807) is 36.5 Å². The van der Waals surface area contributed by atoms with Crippen molar-refractivity contribution in [1.82, 2.24) is 9.66 Å². The van der Waals surface area contributed by atoms with E-state index >= 15 is 0 Å². The first kappa shape index (κ1) is 21.3. The van der Waals surface area contributed by atoms with Crippen LogP contribution in [-0.4, -0.2) is 15.9 Å². The molecule has 0 atom stereocenters. The predicted molar refractivity (Wildman–Crippen MR) is 132 cm³/mol. The van der Waals surface area contributed by atoms with E-state index in [4.69, 9.17) is 9.72 Å². The van der Waals surface area contributed by atoms with Crippen LogP contribution in [0.15, 0.2) is 113 Å². The number of benzene rings is 4. The fourth-order valence-electron chi connectivity index (χ4n) is 3.63. The van der Waals surface area contributed by atoms with Crippen LogP contribution in [0.5, 0.6) is 5.75 Å². The van der Waals surface area contributed by atoms with Crippen molar-refractivity contribution in [3.63, 3.8) is 0 Å². The molecule has 1 heterocycles. The Hall–Kier alpha value is -4.58. The Morgan fingerprint density at radius 2 is 1.65 bits per heavy atom. The molecule has 34 heavy (non-hydrogen) atoms. The molecule has 0 N–H and O–H groups in total. The minimum atomic E-state index is -0.312. The van der Waals surface area contributed by atoms with E-state index in [0.717, 1.165) is 5.56 Å². The highest BCUT2D eigenvalue weighted by Crippen LogP contribution is 2.21. The van der Waals surface area contributed by atoms with E-state index in [9.17, 15) is 9.18 Å². The van der Waals surface area contributed by atoms with Crippen LogP contribution in [0.1, 0.15) is 11.1 Å². The SMILES string of the molecule is O=c1c2ccccc2nc(-c2ccccc2)n1N=Cc1ccccc1OCc1cccc(F)c1. The molecule has 0 saturated heterocycles. The van der Waals surface area contributed by atoms with Crippen LogP contribution in [0, 0.1) is 5.82 Å². The molecule has 166 valence electrons.